The summed E-state index contributed by atoms with van der Waals surface area (Å²) in [6.07, 6.45) is -0.509. The molecule has 106 valence electrons. The molecule has 1 aromatic heterocycles. The third kappa shape index (κ3) is 5.84. The van der Waals surface area contributed by atoms with Crippen LogP contribution in [0.4, 0.5) is 13.2 Å². The number of nitrogens with one attached hydrogen (secondary N) is 1. The fourth-order valence-electron chi connectivity index (χ4n) is 1.09. The zero-order valence-electron chi connectivity index (χ0n) is 9.75. The Labute approximate surface area is 121 Å². The van der Waals surface area contributed by atoms with E-state index in [0.29, 0.717) is 23.5 Å². The second-order valence-electron chi connectivity index (χ2n) is 3.33. The molecule has 0 saturated heterocycles. The number of hydrogen-bond donors (Lipinski definition) is 1. The predicted molar refractivity (Wildman–Crippen MR) is 71.5 cm³/mol. The van der Waals surface area contributed by atoms with Gasteiger partial charge >= 0.3 is 6.18 Å². The maximum atomic E-state index is 12.1. The summed E-state index contributed by atoms with van der Waals surface area (Å²) in [4.78, 5) is 15.6. The van der Waals surface area contributed by atoms with Crippen LogP contribution in [0.15, 0.2) is 17.3 Å². The summed E-state index contributed by atoms with van der Waals surface area (Å²) < 4.78 is 36.7. The first-order chi connectivity index (χ1) is 8.82. The summed E-state index contributed by atoms with van der Waals surface area (Å²) in [5.41, 5.74) is 0. The molecular weight excluding hydrogens is 321 g/mol. The highest BCUT2D eigenvalue weighted by Gasteiger charge is 2.36. The lowest BCUT2D eigenvalue weighted by Crippen LogP contribution is -2.23. The number of nitrogens with zero attached hydrogens (tertiary/aromatic N) is 1. The molecule has 0 unspecified atom stereocenters. The smallest absolute Gasteiger partial charge is 0.379 e. The maximum Gasteiger partial charge on any atom is 0.454 e. The minimum atomic E-state index is -4.84. The van der Waals surface area contributed by atoms with Crippen molar-refractivity contribution in [2.24, 2.45) is 0 Å². The van der Waals surface area contributed by atoms with Crippen LogP contribution in [0, 0.1) is 0 Å². The van der Waals surface area contributed by atoms with Crippen molar-refractivity contribution in [2.45, 2.75) is 12.6 Å². The van der Waals surface area contributed by atoms with Gasteiger partial charge in [-0.25, -0.2) is 4.98 Å². The normalized spacial score (nSPS) is 12.6. The highest BCUT2D eigenvalue weighted by atomic mass is 35.5. The van der Waals surface area contributed by atoms with Crippen LogP contribution in [0.2, 0.25) is 4.47 Å². The Kier molecular flexibility index (Phi) is 6.15. The SMILES string of the molecule is CS/C(=C\C(=O)C(F)(F)F)NCCc1cnc(Cl)s1. The highest BCUT2D eigenvalue weighted by molar-refractivity contribution is 8.02. The number of aromatic nitrogens is 1. The lowest BCUT2D eigenvalue weighted by atomic mass is 10.3. The topological polar surface area (TPSA) is 42.0 Å². The third-order valence-corrected chi connectivity index (χ3v) is 3.83. The van der Waals surface area contributed by atoms with Gasteiger partial charge in [0.15, 0.2) is 4.47 Å². The molecule has 0 saturated carbocycles. The van der Waals surface area contributed by atoms with Crippen molar-refractivity contribution in [3.05, 3.63) is 26.6 Å². The summed E-state index contributed by atoms with van der Waals surface area (Å²) in [7, 11) is 0. The molecule has 19 heavy (non-hydrogen) atoms. The number of thioether (sulfide) groups is 1. The number of rotatable bonds is 6. The van der Waals surface area contributed by atoms with Gasteiger partial charge in [-0.2, -0.15) is 13.2 Å². The summed E-state index contributed by atoms with van der Waals surface area (Å²) in [6.45, 7) is 0.399. The fraction of sp³-hybridized carbons (Fsp3) is 0.400. The van der Waals surface area contributed by atoms with E-state index in [1.807, 2.05) is 0 Å². The van der Waals surface area contributed by atoms with Gasteiger partial charge in [0.1, 0.15) is 0 Å². The van der Waals surface area contributed by atoms with Gasteiger partial charge in [0.25, 0.3) is 5.78 Å². The molecular formula is C10H10ClF3N2OS2. The minimum Gasteiger partial charge on any atom is -0.379 e. The van der Waals surface area contributed by atoms with Gasteiger partial charge in [-0.1, -0.05) is 11.6 Å². The molecule has 1 rings (SSSR count). The van der Waals surface area contributed by atoms with Crippen molar-refractivity contribution in [1.82, 2.24) is 10.3 Å². The van der Waals surface area contributed by atoms with Gasteiger partial charge in [-0.05, 0) is 6.26 Å². The van der Waals surface area contributed by atoms with Crippen LogP contribution in [0.1, 0.15) is 4.88 Å². The highest BCUT2D eigenvalue weighted by Crippen LogP contribution is 2.20. The van der Waals surface area contributed by atoms with Gasteiger partial charge in [0.05, 0.1) is 5.03 Å². The number of alkyl halides is 3. The van der Waals surface area contributed by atoms with Crippen molar-refractivity contribution in [3.63, 3.8) is 0 Å². The molecule has 0 atom stereocenters. The maximum absolute atomic E-state index is 12.1. The van der Waals surface area contributed by atoms with Gasteiger partial charge in [-0.15, -0.1) is 23.1 Å². The first-order valence-corrected chi connectivity index (χ1v) is 7.45. The molecule has 3 nitrogen and oxygen atoms in total. The predicted octanol–water partition coefficient (Wildman–Crippen LogP) is 3.26. The van der Waals surface area contributed by atoms with Crippen molar-refractivity contribution in [2.75, 3.05) is 12.8 Å². The van der Waals surface area contributed by atoms with Crippen LogP contribution in [0.5, 0.6) is 0 Å². The Bertz CT molecular complexity index is 474. The number of thiazole rings is 1. The molecule has 0 fully saturated rings. The summed E-state index contributed by atoms with van der Waals surface area (Å²) in [5.74, 6) is -1.87. The number of hydrogen-bond acceptors (Lipinski definition) is 5. The van der Waals surface area contributed by atoms with E-state index in [0.717, 1.165) is 16.6 Å². The molecule has 0 aliphatic carbocycles. The van der Waals surface area contributed by atoms with E-state index in [1.54, 1.807) is 12.5 Å². The molecule has 0 spiro atoms. The van der Waals surface area contributed by atoms with Gasteiger partial charge in [0.2, 0.25) is 0 Å². The third-order valence-electron chi connectivity index (χ3n) is 1.96. The molecule has 9 heteroatoms. The first-order valence-electron chi connectivity index (χ1n) is 5.04. The van der Waals surface area contributed by atoms with E-state index in [1.165, 1.54) is 11.3 Å². The molecule has 1 N–H and O–H groups in total. The quantitative estimate of drug-likeness (QED) is 0.813. The number of ketones is 1. The number of allylic oxidation sites excluding steroid dienone is 1. The van der Waals surface area contributed by atoms with Crippen molar-refractivity contribution in [3.8, 4) is 0 Å². The van der Waals surface area contributed by atoms with Crippen LogP contribution in [0.25, 0.3) is 0 Å². The Hall–Kier alpha value is -0.730. The van der Waals surface area contributed by atoms with Crippen molar-refractivity contribution in [1.29, 1.82) is 0 Å². The Balaban J connectivity index is 2.49. The molecule has 1 aromatic rings. The lowest BCUT2D eigenvalue weighted by Gasteiger charge is -2.08. The van der Waals surface area contributed by atoms with Gasteiger partial charge < -0.3 is 5.32 Å². The molecule has 0 aliphatic heterocycles. The standard InChI is InChI=1S/C10H10ClF3N2OS2/c1-18-8(4-7(17)10(12,13)14)15-3-2-6-5-16-9(11)19-6/h4-5,15H,2-3H2,1H3/b8-4-. The number of carbonyl (C=O) groups excluding carboxylic acids is 1. The second kappa shape index (κ2) is 7.16. The molecule has 0 aromatic carbocycles. The number of halogens is 4. The first kappa shape index (κ1) is 16.3. The van der Waals surface area contributed by atoms with Gasteiger partial charge in [-0.3, -0.25) is 4.79 Å². The Morgan fingerprint density at radius 3 is 2.79 bits per heavy atom. The van der Waals surface area contributed by atoms with Crippen LogP contribution >= 0.6 is 34.7 Å². The van der Waals surface area contributed by atoms with Crippen LogP contribution in [0.3, 0.4) is 0 Å². The van der Waals surface area contributed by atoms with Crippen molar-refractivity contribution < 1.29 is 18.0 Å². The summed E-state index contributed by atoms with van der Waals surface area (Å²) in [6, 6.07) is 0. The summed E-state index contributed by atoms with van der Waals surface area (Å²) >= 11 is 8.00. The zero-order valence-corrected chi connectivity index (χ0v) is 12.1. The van der Waals surface area contributed by atoms with E-state index in [4.69, 9.17) is 11.6 Å². The molecule has 1 heterocycles. The zero-order chi connectivity index (χ0) is 14.5. The average molecular weight is 331 g/mol. The minimum absolute atomic E-state index is 0.179. The number of carbonyl (C=O) groups is 1. The lowest BCUT2D eigenvalue weighted by molar-refractivity contribution is -0.165. The van der Waals surface area contributed by atoms with E-state index in [-0.39, 0.29) is 5.03 Å². The van der Waals surface area contributed by atoms with Crippen LogP contribution < -0.4 is 5.32 Å². The average Bonchev–Trinajstić information content (AvgIpc) is 2.72. The van der Waals surface area contributed by atoms with Crippen molar-refractivity contribution >= 4 is 40.5 Å². The fourth-order valence-corrected chi connectivity index (χ4v) is 2.54. The monoisotopic (exact) mass is 330 g/mol. The molecule has 0 radical (unpaired) electrons. The molecule has 0 bridgehead atoms. The van der Waals surface area contributed by atoms with E-state index in [9.17, 15) is 18.0 Å². The Morgan fingerprint density at radius 2 is 2.32 bits per heavy atom. The second-order valence-corrected chi connectivity index (χ2v) is 5.88. The van der Waals surface area contributed by atoms with E-state index in [2.05, 4.69) is 10.3 Å². The van der Waals surface area contributed by atoms with Gasteiger partial charge in [0, 0.05) is 30.1 Å². The summed E-state index contributed by atoms with van der Waals surface area (Å²) in [5, 5.41) is 2.95. The van der Waals surface area contributed by atoms with Crippen LogP contribution in [-0.2, 0) is 11.2 Å². The van der Waals surface area contributed by atoms with E-state index < -0.39 is 12.0 Å². The molecule has 0 aliphatic rings. The van der Waals surface area contributed by atoms with Crippen LogP contribution in [-0.4, -0.2) is 29.7 Å². The largest absolute Gasteiger partial charge is 0.454 e. The molecule has 0 amide bonds. The Morgan fingerprint density at radius 1 is 1.63 bits per heavy atom. The van der Waals surface area contributed by atoms with E-state index >= 15 is 0 Å².